The maximum atomic E-state index is 12.7. The Bertz CT molecular complexity index is 773. The summed E-state index contributed by atoms with van der Waals surface area (Å²) in [7, 11) is 0. The highest BCUT2D eigenvalue weighted by molar-refractivity contribution is 5.79. The lowest BCUT2D eigenvalue weighted by molar-refractivity contribution is -0.131. The number of piperidine rings is 1. The summed E-state index contributed by atoms with van der Waals surface area (Å²) < 4.78 is 16.2. The van der Waals surface area contributed by atoms with Gasteiger partial charge in [0.15, 0.2) is 17.3 Å². The molecule has 4 rings (SSSR count). The molecule has 7 heteroatoms. The monoisotopic (exact) mass is 343 g/mol. The number of amides is 1. The number of aromatic nitrogens is 2. The van der Waals surface area contributed by atoms with E-state index in [1.165, 1.54) is 0 Å². The van der Waals surface area contributed by atoms with E-state index in [2.05, 4.69) is 10.1 Å². The minimum Gasteiger partial charge on any atom is -0.486 e. The smallest absolute Gasteiger partial charge is 0.227 e. The summed E-state index contributed by atoms with van der Waals surface area (Å²) >= 11 is 0. The van der Waals surface area contributed by atoms with Crippen LogP contribution in [-0.2, 0) is 11.2 Å². The maximum Gasteiger partial charge on any atom is 0.227 e. The van der Waals surface area contributed by atoms with Gasteiger partial charge in [0, 0.05) is 25.9 Å². The van der Waals surface area contributed by atoms with Gasteiger partial charge < -0.3 is 18.9 Å². The first-order valence-corrected chi connectivity index (χ1v) is 8.65. The Balaban J connectivity index is 1.42. The highest BCUT2D eigenvalue weighted by Gasteiger charge is 2.28. The van der Waals surface area contributed by atoms with Crippen LogP contribution in [0.15, 0.2) is 22.7 Å². The molecule has 2 aliphatic rings. The van der Waals surface area contributed by atoms with E-state index in [0.29, 0.717) is 37.9 Å². The van der Waals surface area contributed by atoms with Crippen LogP contribution in [0.5, 0.6) is 11.5 Å². The van der Waals surface area contributed by atoms with Crippen molar-refractivity contribution < 1.29 is 18.8 Å². The van der Waals surface area contributed by atoms with Crippen molar-refractivity contribution in [2.45, 2.75) is 32.1 Å². The zero-order valence-corrected chi connectivity index (χ0v) is 14.2. The third-order valence-electron chi connectivity index (χ3n) is 4.64. The Morgan fingerprint density at radius 1 is 1.28 bits per heavy atom. The van der Waals surface area contributed by atoms with E-state index in [4.69, 9.17) is 14.0 Å². The summed E-state index contributed by atoms with van der Waals surface area (Å²) in [6.07, 6.45) is 2.28. The number of ether oxygens (including phenoxy) is 2. The number of aryl methyl sites for hydroxylation is 1. The van der Waals surface area contributed by atoms with Crippen molar-refractivity contribution >= 4 is 5.91 Å². The maximum absolute atomic E-state index is 12.7. The first kappa shape index (κ1) is 15.9. The number of hydrogen-bond donors (Lipinski definition) is 0. The first-order chi connectivity index (χ1) is 12.2. The predicted octanol–water partition coefficient (Wildman–Crippen LogP) is 2.10. The predicted molar refractivity (Wildman–Crippen MR) is 88.7 cm³/mol. The summed E-state index contributed by atoms with van der Waals surface area (Å²) in [5.74, 6) is 2.99. The van der Waals surface area contributed by atoms with Crippen LogP contribution >= 0.6 is 0 Å². The van der Waals surface area contributed by atoms with Gasteiger partial charge in [0.25, 0.3) is 0 Å². The molecule has 132 valence electrons. The molecule has 0 aliphatic carbocycles. The number of carbonyl (C=O) groups excluding carboxylic acids is 1. The molecule has 7 nitrogen and oxygen atoms in total. The van der Waals surface area contributed by atoms with Gasteiger partial charge in [-0.05, 0) is 30.5 Å². The third-order valence-corrected chi connectivity index (χ3v) is 4.64. The average Bonchev–Trinajstić information content (AvgIpc) is 3.08. The summed E-state index contributed by atoms with van der Waals surface area (Å²) in [6, 6.07) is 5.70. The number of fused-ring (bicyclic) bond motifs is 1. The lowest BCUT2D eigenvalue weighted by Gasteiger charge is -2.31. The Morgan fingerprint density at radius 2 is 2.12 bits per heavy atom. The molecule has 1 atom stereocenters. The van der Waals surface area contributed by atoms with Gasteiger partial charge in [0.2, 0.25) is 11.8 Å². The molecule has 2 aliphatic heterocycles. The van der Waals surface area contributed by atoms with Gasteiger partial charge in [-0.15, -0.1) is 0 Å². The van der Waals surface area contributed by atoms with E-state index in [9.17, 15) is 4.79 Å². The molecule has 0 radical (unpaired) electrons. The van der Waals surface area contributed by atoms with Crippen molar-refractivity contribution in [3.8, 4) is 11.5 Å². The molecular formula is C18H21N3O4. The zero-order chi connectivity index (χ0) is 17.2. The highest BCUT2D eigenvalue weighted by atomic mass is 16.6. The summed E-state index contributed by atoms with van der Waals surface area (Å²) in [5.41, 5.74) is 0.937. The summed E-state index contributed by atoms with van der Waals surface area (Å²) in [4.78, 5) is 18.9. The fourth-order valence-electron chi connectivity index (χ4n) is 3.38. The van der Waals surface area contributed by atoms with Gasteiger partial charge >= 0.3 is 0 Å². The molecule has 1 aromatic heterocycles. The van der Waals surface area contributed by atoms with Crippen molar-refractivity contribution in [3.05, 3.63) is 35.5 Å². The summed E-state index contributed by atoms with van der Waals surface area (Å²) in [5, 5.41) is 4.01. The van der Waals surface area contributed by atoms with E-state index >= 15 is 0 Å². The van der Waals surface area contributed by atoms with E-state index in [1.807, 2.05) is 23.1 Å². The quantitative estimate of drug-likeness (QED) is 0.849. The molecule has 0 saturated carbocycles. The van der Waals surface area contributed by atoms with Crippen molar-refractivity contribution in [1.82, 2.24) is 15.0 Å². The van der Waals surface area contributed by atoms with Gasteiger partial charge in [-0.3, -0.25) is 4.79 Å². The molecule has 1 amide bonds. The molecule has 3 heterocycles. The van der Waals surface area contributed by atoms with Gasteiger partial charge in [-0.2, -0.15) is 4.98 Å². The third kappa shape index (κ3) is 3.45. The minimum absolute atomic E-state index is 0.113. The topological polar surface area (TPSA) is 77.7 Å². The fraction of sp³-hybridized carbons (Fsp3) is 0.500. The van der Waals surface area contributed by atoms with E-state index in [1.54, 1.807) is 6.92 Å². The number of hydrogen-bond acceptors (Lipinski definition) is 6. The van der Waals surface area contributed by atoms with Crippen LogP contribution in [-0.4, -0.2) is 47.3 Å². The Labute approximate surface area is 145 Å². The number of carbonyl (C=O) groups is 1. The number of rotatable bonds is 3. The number of nitrogens with zero attached hydrogens (tertiary/aromatic N) is 3. The van der Waals surface area contributed by atoms with Crippen molar-refractivity contribution in [1.29, 1.82) is 0 Å². The molecular weight excluding hydrogens is 322 g/mol. The van der Waals surface area contributed by atoms with Crippen LogP contribution in [0, 0.1) is 6.92 Å². The second-order valence-electron chi connectivity index (χ2n) is 6.51. The van der Waals surface area contributed by atoms with Gasteiger partial charge in [-0.1, -0.05) is 11.2 Å². The Kier molecular flexibility index (Phi) is 4.29. The molecule has 1 saturated heterocycles. The second-order valence-corrected chi connectivity index (χ2v) is 6.51. The van der Waals surface area contributed by atoms with E-state index in [-0.39, 0.29) is 11.8 Å². The molecule has 2 aromatic rings. The van der Waals surface area contributed by atoms with Gasteiger partial charge in [0.1, 0.15) is 13.2 Å². The van der Waals surface area contributed by atoms with Crippen LogP contribution in [0.25, 0.3) is 0 Å². The number of benzene rings is 1. The Hall–Kier alpha value is -2.57. The standard InChI is InChI=1S/C18H21N3O4/c1-12-19-18(20-25-12)14-3-2-6-21(11-14)17(22)10-13-4-5-15-16(9-13)24-8-7-23-15/h4-5,9,14H,2-3,6-8,10-11H2,1H3/t14-/m0/s1. The minimum atomic E-state index is 0.113. The van der Waals surface area contributed by atoms with Crippen LogP contribution < -0.4 is 9.47 Å². The highest BCUT2D eigenvalue weighted by Crippen LogP contribution is 2.31. The van der Waals surface area contributed by atoms with Crippen LogP contribution in [0.4, 0.5) is 0 Å². The zero-order valence-electron chi connectivity index (χ0n) is 14.2. The lowest BCUT2D eigenvalue weighted by Crippen LogP contribution is -2.40. The SMILES string of the molecule is Cc1nc([C@H]2CCCN(C(=O)Cc3ccc4c(c3)OCCO4)C2)no1. The van der Waals surface area contributed by atoms with E-state index in [0.717, 1.165) is 36.4 Å². The van der Waals surface area contributed by atoms with Crippen LogP contribution in [0.3, 0.4) is 0 Å². The average molecular weight is 343 g/mol. The molecule has 1 fully saturated rings. The van der Waals surface area contributed by atoms with Gasteiger partial charge in [-0.25, -0.2) is 0 Å². The second kappa shape index (κ2) is 6.74. The largest absolute Gasteiger partial charge is 0.486 e. The normalized spacial score (nSPS) is 19.7. The fourth-order valence-corrected chi connectivity index (χ4v) is 3.38. The van der Waals surface area contributed by atoms with Crippen LogP contribution in [0.1, 0.15) is 36.0 Å². The number of likely N-dealkylation sites (tertiary alicyclic amines) is 1. The molecule has 0 spiro atoms. The molecule has 1 aromatic carbocycles. The van der Waals surface area contributed by atoms with E-state index < -0.39 is 0 Å². The summed E-state index contributed by atoms with van der Waals surface area (Å²) in [6.45, 7) is 4.31. The molecule has 0 bridgehead atoms. The molecule has 0 unspecified atom stereocenters. The first-order valence-electron chi connectivity index (χ1n) is 8.65. The lowest BCUT2D eigenvalue weighted by atomic mass is 9.96. The van der Waals surface area contributed by atoms with Crippen LogP contribution in [0.2, 0.25) is 0 Å². The Morgan fingerprint density at radius 3 is 2.92 bits per heavy atom. The van der Waals surface area contributed by atoms with Crippen molar-refractivity contribution in [2.24, 2.45) is 0 Å². The van der Waals surface area contributed by atoms with Crippen molar-refractivity contribution in [2.75, 3.05) is 26.3 Å². The van der Waals surface area contributed by atoms with Crippen molar-refractivity contribution in [3.63, 3.8) is 0 Å². The van der Waals surface area contributed by atoms with Gasteiger partial charge in [0.05, 0.1) is 6.42 Å². The molecule has 25 heavy (non-hydrogen) atoms. The molecule has 0 N–H and O–H groups in total.